The number of carbonyl (C=O) groups is 2. The van der Waals surface area contributed by atoms with E-state index in [1.54, 1.807) is 36.4 Å². The zero-order valence-corrected chi connectivity index (χ0v) is 14.2. The lowest BCUT2D eigenvalue weighted by Crippen LogP contribution is -2.25. The third-order valence-corrected chi connectivity index (χ3v) is 4.96. The van der Waals surface area contributed by atoms with Crippen molar-refractivity contribution in [2.45, 2.75) is 0 Å². The first-order chi connectivity index (χ1) is 12.6. The Labute approximate surface area is 152 Å². The molecule has 1 aliphatic heterocycles. The summed E-state index contributed by atoms with van der Waals surface area (Å²) < 4.78 is 18.3. The first-order valence-electron chi connectivity index (χ1n) is 7.82. The van der Waals surface area contributed by atoms with Crippen LogP contribution in [0.3, 0.4) is 0 Å². The van der Waals surface area contributed by atoms with Crippen LogP contribution in [0.5, 0.6) is 5.75 Å². The highest BCUT2D eigenvalue weighted by Gasteiger charge is 2.17. The van der Waals surface area contributed by atoms with Crippen molar-refractivity contribution in [3.05, 3.63) is 65.3 Å². The molecule has 7 heteroatoms. The Morgan fingerprint density at radius 3 is 2.73 bits per heavy atom. The van der Waals surface area contributed by atoms with Crippen LogP contribution in [0.1, 0.15) is 9.67 Å². The minimum absolute atomic E-state index is 0.0138. The fourth-order valence-electron chi connectivity index (χ4n) is 2.58. The van der Waals surface area contributed by atoms with Crippen molar-refractivity contribution in [3.8, 4) is 16.2 Å². The molecule has 4 rings (SSSR count). The highest BCUT2D eigenvalue weighted by atomic mass is 32.1. The second kappa shape index (κ2) is 6.61. The molecule has 0 unspecified atom stereocenters. The van der Waals surface area contributed by atoms with Gasteiger partial charge in [-0.25, -0.2) is 4.39 Å². The van der Waals surface area contributed by atoms with Crippen LogP contribution in [0.4, 0.5) is 15.8 Å². The lowest BCUT2D eigenvalue weighted by molar-refractivity contribution is -0.118. The highest BCUT2D eigenvalue weighted by molar-refractivity contribution is 7.17. The molecule has 0 saturated heterocycles. The molecule has 0 aliphatic carbocycles. The van der Waals surface area contributed by atoms with Crippen molar-refractivity contribution in [3.63, 3.8) is 0 Å². The predicted octanol–water partition coefficient (Wildman–Crippen LogP) is 4.14. The number of fused-ring (bicyclic) bond motifs is 1. The quantitative estimate of drug-likeness (QED) is 0.730. The Balaban J connectivity index is 1.51. The van der Waals surface area contributed by atoms with E-state index in [0.29, 0.717) is 22.0 Å². The van der Waals surface area contributed by atoms with Crippen LogP contribution < -0.4 is 15.4 Å². The van der Waals surface area contributed by atoms with Gasteiger partial charge in [0.1, 0.15) is 11.6 Å². The molecule has 0 atom stereocenters. The van der Waals surface area contributed by atoms with Gasteiger partial charge < -0.3 is 15.4 Å². The molecule has 2 heterocycles. The molecule has 0 radical (unpaired) electrons. The molecule has 3 aromatic rings. The minimum atomic E-state index is -0.299. The number of rotatable bonds is 3. The molecule has 2 N–H and O–H groups in total. The molecule has 5 nitrogen and oxygen atoms in total. The fraction of sp³-hybridized carbons (Fsp3) is 0.0526. The summed E-state index contributed by atoms with van der Waals surface area (Å²) in [5.41, 5.74) is 1.93. The maximum atomic E-state index is 13.0. The van der Waals surface area contributed by atoms with E-state index in [1.807, 2.05) is 6.07 Å². The van der Waals surface area contributed by atoms with E-state index in [2.05, 4.69) is 10.6 Å². The Morgan fingerprint density at radius 2 is 1.92 bits per heavy atom. The third kappa shape index (κ3) is 3.29. The molecule has 0 saturated carbocycles. The van der Waals surface area contributed by atoms with E-state index in [-0.39, 0.29) is 24.2 Å². The van der Waals surface area contributed by atoms with Crippen LogP contribution in [-0.4, -0.2) is 18.4 Å². The van der Waals surface area contributed by atoms with Gasteiger partial charge in [-0.2, -0.15) is 0 Å². The average Bonchev–Trinajstić information content (AvgIpc) is 3.12. The van der Waals surface area contributed by atoms with Gasteiger partial charge in [-0.3, -0.25) is 9.59 Å². The smallest absolute Gasteiger partial charge is 0.265 e. The van der Waals surface area contributed by atoms with Gasteiger partial charge in [0.15, 0.2) is 6.61 Å². The van der Waals surface area contributed by atoms with Crippen molar-refractivity contribution >= 4 is 34.5 Å². The number of amides is 2. The molecule has 26 heavy (non-hydrogen) atoms. The lowest BCUT2D eigenvalue weighted by Gasteiger charge is -2.18. The van der Waals surface area contributed by atoms with Crippen molar-refractivity contribution in [1.82, 2.24) is 0 Å². The molecular formula is C19H13FN2O3S. The molecular weight excluding hydrogens is 355 g/mol. The maximum Gasteiger partial charge on any atom is 0.265 e. The lowest BCUT2D eigenvalue weighted by atomic mass is 10.2. The topological polar surface area (TPSA) is 67.4 Å². The zero-order valence-electron chi connectivity index (χ0n) is 13.4. The molecule has 2 aromatic carbocycles. The zero-order chi connectivity index (χ0) is 18.1. The summed E-state index contributed by atoms with van der Waals surface area (Å²) in [6, 6.07) is 14.7. The van der Waals surface area contributed by atoms with E-state index in [0.717, 1.165) is 10.4 Å². The first kappa shape index (κ1) is 16.3. The van der Waals surface area contributed by atoms with E-state index in [1.165, 1.54) is 23.5 Å². The van der Waals surface area contributed by atoms with Gasteiger partial charge in [-0.05, 0) is 48.0 Å². The van der Waals surface area contributed by atoms with Crippen molar-refractivity contribution in [1.29, 1.82) is 0 Å². The second-order valence-electron chi connectivity index (χ2n) is 5.67. The number of halogens is 1. The van der Waals surface area contributed by atoms with Crippen LogP contribution >= 0.6 is 11.3 Å². The molecule has 1 aromatic heterocycles. The highest BCUT2D eigenvalue weighted by Crippen LogP contribution is 2.32. The Morgan fingerprint density at radius 1 is 1.12 bits per heavy atom. The molecule has 0 spiro atoms. The molecule has 1 aliphatic rings. The summed E-state index contributed by atoms with van der Waals surface area (Å²) >= 11 is 1.32. The van der Waals surface area contributed by atoms with E-state index in [9.17, 15) is 14.0 Å². The number of thiophene rings is 1. The fourth-order valence-corrected chi connectivity index (χ4v) is 3.49. The largest absolute Gasteiger partial charge is 0.482 e. The van der Waals surface area contributed by atoms with Gasteiger partial charge in [0, 0.05) is 10.6 Å². The van der Waals surface area contributed by atoms with Gasteiger partial charge in [0.2, 0.25) is 0 Å². The minimum Gasteiger partial charge on any atom is -0.482 e. The van der Waals surface area contributed by atoms with Crippen LogP contribution in [0.25, 0.3) is 10.4 Å². The van der Waals surface area contributed by atoms with E-state index < -0.39 is 0 Å². The van der Waals surface area contributed by atoms with Crippen LogP contribution in [-0.2, 0) is 4.79 Å². The summed E-state index contributed by atoms with van der Waals surface area (Å²) in [6.07, 6.45) is 0. The SMILES string of the molecule is O=C1COc2ccc(NC(=O)c3ccc(-c4ccc(F)cc4)s3)cc2N1. The Kier molecular flexibility index (Phi) is 4.14. The van der Waals surface area contributed by atoms with Crippen molar-refractivity contribution < 1.29 is 18.7 Å². The normalized spacial score (nSPS) is 12.7. The summed E-state index contributed by atoms with van der Waals surface area (Å²) in [5.74, 6) is -0.224. The standard InChI is InChI=1S/C19H13FN2O3S/c20-12-3-1-11(2-4-12)16-7-8-17(26-16)19(24)21-13-5-6-15-14(9-13)22-18(23)10-25-15/h1-9H,10H2,(H,21,24)(H,22,23). The van der Waals surface area contributed by atoms with Crippen LogP contribution in [0, 0.1) is 5.82 Å². The molecule has 0 fully saturated rings. The number of benzene rings is 2. The van der Waals surface area contributed by atoms with Crippen LogP contribution in [0.2, 0.25) is 0 Å². The van der Waals surface area contributed by atoms with E-state index >= 15 is 0 Å². The summed E-state index contributed by atoms with van der Waals surface area (Å²) in [4.78, 5) is 25.3. The third-order valence-electron chi connectivity index (χ3n) is 3.83. The monoisotopic (exact) mass is 368 g/mol. The van der Waals surface area contributed by atoms with Gasteiger partial charge in [-0.1, -0.05) is 12.1 Å². The molecule has 0 bridgehead atoms. The Bertz CT molecular complexity index is 998. The van der Waals surface area contributed by atoms with Crippen molar-refractivity contribution in [2.24, 2.45) is 0 Å². The maximum absolute atomic E-state index is 13.0. The number of hydrogen-bond donors (Lipinski definition) is 2. The molecule has 2 amide bonds. The number of ether oxygens (including phenoxy) is 1. The summed E-state index contributed by atoms with van der Waals surface area (Å²) in [5, 5.41) is 5.50. The van der Waals surface area contributed by atoms with E-state index in [4.69, 9.17) is 4.74 Å². The Hall–Kier alpha value is -3.19. The summed E-state index contributed by atoms with van der Waals surface area (Å²) in [7, 11) is 0. The van der Waals surface area contributed by atoms with Gasteiger partial charge in [-0.15, -0.1) is 11.3 Å². The predicted molar refractivity (Wildman–Crippen MR) is 98.2 cm³/mol. The van der Waals surface area contributed by atoms with Crippen molar-refractivity contribution in [2.75, 3.05) is 17.2 Å². The van der Waals surface area contributed by atoms with Gasteiger partial charge in [0.05, 0.1) is 10.6 Å². The second-order valence-corrected chi connectivity index (χ2v) is 6.76. The van der Waals surface area contributed by atoms with Gasteiger partial charge >= 0.3 is 0 Å². The van der Waals surface area contributed by atoms with Gasteiger partial charge in [0.25, 0.3) is 11.8 Å². The summed E-state index contributed by atoms with van der Waals surface area (Å²) in [6.45, 7) is -0.0138. The van der Waals surface area contributed by atoms with Crippen LogP contribution in [0.15, 0.2) is 54.6 Å². The number of anilines is 2. The first-order valence-corrected chi connectivity index (χ1v) is 8.64. The number of carbonyl (C=O) groups excluding carboxylic acids is 2. The number of nitrogens with one attached hydrogen (secondary N) is 2. The average molecular weight is 368 g/mol. The number of hydrogen-bond acceptors (Lipinski definition) is 4. The molecule has 130 valence electrons.